The molecule has 2 aliphatic rings. The van der Waals surface area contributed by atoms with Gasteiger partial charge in [-0.1, -0.05) is 6.07 Å². The fraction of sp³-hybridized carbons (Fsp3) is 0.375. The molecule has 0 spiro atoms. The smallest absolute Gasteiger partial charge is 0.188 e. The van der Waals surface area contributed by atoms with Gasteiger partial charge in [-0.3, -0.25) is 0 Å². The van der Waals surface area contributed by atoms with Crippen LogP contribution in [0.5, 0.6) is 0 Å². The van der Waals surface area contributed by atoms with Crippen LogP contribution in [-0.2, 0) is 12.8 Å². The molecular formula is C24H25FN6S. The summed E-state index contributed by atoms with van der Waals surface area (Å²) in [7, 11) is 0. The minimum Gasteiger partial charge on any atom is -0.316 e. The van der Waals surface area contributed by atoms with E-state index in [-0.39, 0.29) is 5.82 Å². The molecule has 1 aromatic carbocycles. The number of rotatable bonds is 5. The normalized spacial score (nSPS) is 16.1. The van der Waals surface area contributed by atoms with Crippen LogP contribution < -0.4 is 5.32 Å². The number of hydrogen-bond donors (Lipinski definition) is 1. The zero-order valence-electron chi connectivity index (χ0n) is 18.0. The van der Waals surface area contributed by atoms with Gasteiger partial charge in [-0.25, -0.2) is 19.0 Å². The zero-order valence-corrected chi connectivity index (χ0v) is 18.8. The van der Waals surface area contributed by atoms with Gasteiger partial charge in [0.15, 0.2) is 5.13 Å². The highest BCUT2D eigenvalue weighted by atomic mass is 32.1. The van der Waals surface area contributed by atoms with Gasteiger partial charge in [-0.05, 0) is 64.0 Å². The molecular weight excluding hydrogens is 423 g/mol. The summed E-state index contributed by atoms with van der Waals surface area (Å²) in [6.45, 7) is 1.89. The van der Waals surface area contributed by atoms with Gasteiger partial charge in [0.05, 0.1) is 35.1 Å². The van der Waals surface area contributed by atoms with Crippen molar-refractivity contribution in [1.29, 1.82) is 0 Å². The Hall–Kier alpha value is -3.00. The summed E-state index contributed by atoms with van der Waals surface area (Å²) < 4.78 is 18.7. The van der Waals surface area contributed by atoms with Crippen LogP contribution >= 0.6 is 11.3 Å². The minimum atomic E-state index is -0.292. The Morgan fingerprint density at radius 3 is 2.78 bits per heavy atom. The van der Waals surface area contributed by atoms with Gasteiger partial charge in [0, 0.05) is 22.7 Å². The van der Waals surface area contributed by atoms with E-state index in [1.807, 2.05) is 24.6 Å². The van der Waals surface area contributed by atoms with Crippen molar-refractivity contribution >= 4 is 22.3 Å². The molecule has 6 nitrogen and oxygen atoms in total. The second-order valence-electron chi connectivity index (χ2n) is 8.76. The van der Waals surface area contributed by atoms with Crippen LogP contribution in [0.3, 0.4) is 0 Å². The van der Waals surface area contributed by atoms with E-state index in [2.05, 4.69) is 15.0 Å². The molecule has 164 valence electrons. The van der Waals surface area contributed by atoms with Crippen molar-refractivity contribution in [2.24, 2.45) is 0 Å². The largest absolute Gasteiger partial charge is 0.316 e. The van der Waals surface area contributed by atoms with Crippen molar-refractivity contribution in [1.82, 2.24) is 24.3 Å². The lowest BCUT2D eigenvalue weighted by Crippen LogP contribution is -2.20. The fourth-order valence-corrected chi connectivity index (χ4v) is 5.31. The summed E-state index contributed by atoms with van der Waals surface area (Å²) in [5.41, 5.74) is 5.47. The molecule has 3 heterocycles. The molecule has 0 amide bonds. The molecule has 0 bridgehead atoms. The summed E-state index contributed by atoms with van der Waals surface area (Å²) in [6, 6.07) is 5.73. The Morgan fingerprint density at radius 1 is 1.16 bits per heavy atom. The maximum atomic E-state index is 14.8. The summed E-state index contributed by atoms with van der Waals surface area (Å²) in [6.07, 6.45) is 11.7. The number of imidazole rings is 1. The lowest BCUT2D eigenvalue weighted by atomic mass is 9.93. The van der Waals surface area contributed by atoms with E-state index < -0.39 is 0 Å². The summed E-state index contributed by atoms with van der Waals surface area (Å²) in [4.78, 5) is 8.96. The van der Waals surface area contributed by atoms with Crippen LogP contribution in [0.2, 0.25) is 0 Å². The number of thiazole rings is 1. The highest BCUT2D eigenvalue weighted by Crippen LogP contribution is 2.39. The molecule has 32 heavy (non-hydrogen) atoms. The molecule has 3 aromatic heterocycles. The molecule has 1 N–H and O–H groups in total. The first-order valence-corrected chi connectivity index (χ1v) is 12.2. The number of aromatic nitrogens is 5. The number of hydrogen-bond acceptors (Lipinski definition) is 5. The Morgan fingerprint density at radius 2 is 2.03 bits per heavy atom. The van der Waals surface area contributed by atoms with Gasteiger partial charge in [-0.15, -0.1) is 11.3 Å². The summed E-state index contributed by atoms with van der Waals surface area (Å²) in [5, 5.41) is 11.3. The molecule has 0 aliphatic heterocycles. The third-order valence-electron chi connectivity index (χ3n) is 6.57. The lowest BCUT2D eigenvalue weighted by Gasteiger charge is -2.27. The van der Waals surface area contributed by atoms with E-state index in [0.717, 1.165) is 40.7 Å². The van der Waals surface area contributed by atoms with Crippen molar-refractivity contribution in [2.45, 2.75) is 57.9 Å². The Labute approximate surface area is 190 Å². The number of anilines is 2. The predicted molar refractivity (Wildman–Crippen MR) is 124 cm³/mol. The fourth-order valence-electron chi connectivity index (χ4n) is 4.59. The van der Waals surface area contributed by atoms with Gasteiger partial charge in [0.25, 0.3) is 0 Å². The van der Waals surface area contributed by atoms with Crippen LogP contribution in [0, 0.1) is 12.7 Å². The van der Waals surface area contributed by atoms with Crippen LogP contribution in [0.1, 0.15) is 55.1 Å². The van der Waals surface area contributed by atoms with Crippen molar-refractivity contribution in [3.05, 3.63) is 58.9 Å². The van der Waals surface area contributed by atoms with Gasteiger partial charge < -0.3 is 9.88 Å². The molecule has 2 aliphatic carbocycles. The maximum Gasteiger partial charge on any atom is 0.188 e. The van der Waals surface area contributed by atoms with Gasteiger partial charge in [0.1, 0.15) is 11.6 Å². The zero-order chi connectivity index (χ0) is 21.7. The Bertz CT molecular complexity index is 1280. The Kier molecular flexibility index (Phi) is 4.82. The number of nitrogens with one attached hydrogen (secondary N) is 1. The van der Waals surface area contributed by atoms with Crippen LogP contribution in [0.25, 0.3) is 16.9 Å². The average molecular weight is 449 g/mol. The first-order valence-electron chi connectivity index (χ1n) is 11.3. The summed E-state index contributed by atoms with van der Waals surface area (Å²) in [5.74, 6) is 0.821. The molecule has 6 rings (SSSR count). The topological polar surface area (TPSA) is 60.6 Å². The highest BCUT2D eigenvalue weighted by molar-refractivity contribution is 7.14. The van der Waals surface area contributed by atoms with E-state index in [1.165, 1.54) is 43.4 Å². The monoisotopic (exact) mass is 448 g/mol. The molecule has 1 fully saturated rings. The van der Waals surface area contributed by atoms with Gasteiger partial charge in [-0.2, -0.15) is 5.10 Å². The Balaban J connectivity index is 1.28. The standard InChI is InChI=1S/C24H25FN6S/c1-15-12-30(14-26-15)22-10-9-16(11-19(22)25)21-13-32-24(27-21)28-23-18-7-2-3-8-20(18)29-31(23)17-5-4-6-17/h9-14,17H,2-8H2,1H3,(H,27,28). The predicted octanol–water partition coefficient (Wildman–Crippen LogP) is 5.99. The molecule has 0 unspecified atom stereocenters. The van der Waals surface area contributed by atoms with Crippen molar-refractivity contribution in [2.75, 3.05) is 5.32 Å². The van der Waals surface area contributed by atoms with E-state index >= 15 is 0 Å². The van der Waals surface area contributed by atoms with Crippen LogP contribution in [0.15, 0.2) is 36.1 Å². The van der Waals surface area contributed by atoms with Gasteiger partial charge in [0.2, 0.25) is 0 Å². The minimum absolute atomic E-state index is 0.292. The molecule has 0 saturated heterocycles. The maximum absolute atomic E-state index is 14.8. The van der Waals surface area contributed by atoms with E-state index in [1.54, 1.807) is 34.4 Å². The summed E-state index contributed by atoms with van der Waals surface area (Å²) >= 11 is 1.55. The van der Waals surface area contributed by atoms with Crippen LogP contribution in [0.4, 0.5) is 15.3 Å². The second kappa shape index (κ2) is 7.85. The molecule has 8 heteroatoms. The lowest BCUT2D eigenvalue weighted by molar-refractivity contribution is 0.291. The van der Waals surface area contributed by atoms with Gasteiger partial charge >= 0.3 is 0 Å². The van der Waals surface area contributed by atoms with Crippen molar-refractivity contribution in [3.63, 3.8) is 0 Å². The SMILES string of the molecule is Cc1cn(-c2ccc(-c3csc(Nc4c5c(nn4C4CCC4)CCCC5)n3)cc2F)cn1. The first-order chi connectivity index (χ1) is 15.7. The van der Waals surface area contributed by atoms with Crippen molar-refractivity contribution in [3.8, 4) is 16.9 Å². The molecule has 1 saturated carbocycles. The number of fused-ring (bicyclic) bond motifs is 1. The number of aryl methyl sites for hydroxylation is 2. The first kappa shape index (κ1) is 19.7. The number of benzene rings is 1. The van der Waals surface area contributed by atoms with E-state index in [9.17, 15) is 4.39 Å². The number of nitrogens with zero attached hydrogens (tertiary/aromatic N) is 5. The molecule has 0 radical (unpaired) electrons. The third kappa shape index (κ3) is 3.43. The van der Waals surface area contributed by atoms with Crippen molar-refractivity contribution < 1.29 is 4.39 Å². The second-order valence-corrected chi connectivity index (χ2v) is 9.62. The highest BCUT2D eigenvalue weighted by Gasteiger charge is 2.28. The van der Waals surface area contributed by atoms with Crippen LogP contribution in [-0.4, -0.2) is 24.3 Å². The molecule has 0 atom stereocenters. The third-order valence-corrected chi connectivity index (χ3v) is 7.32. The van der Waals surface area contributed by atoms with E-state index in [4.69, 9.17) is 10.1 Å². The average Bonchev–Trinajstić information content (AvgIpc) is 3.47. The van der Waals surface area contributed by atoms with E-state index in [0.29, 0.717) is 11.7 Å². The number of halogens is 1. The quantitative estimate of drug-likeness (QED) is 0.408. The molecule has 4 aromatic rings.